The van der Waals surface area contributed by atoms with Crippen LogP contribution in [0.3, 0.4) is 0 Å². The van der Waals surface area contributed by atoms with Gasteiger partial charge in [-0.15, -0.1) is 39.5 Å². The van der Waals surface area contributed by atoms with Crippen LogP contribution in [0.25, 0.3) is 97.0 Å². The quantitative estimate of drug-likeness (QED) is 0.0114. The highest BCUT2D eigenvalue weighted by Crippen LogP contribution is 2.49. The van der Waals surface area contributed by atoms with Crippen molar-refractivity contribution >= 4 is 133 Å². The van der Waals surface area contributed by atoms with E-state index in [4.69, 9.17) is 56.8 Å². The van der Waals surface area contributed by atoms with Gasteiger partial charge in [0.1, 0.15) is 34.5 Å². The van der Waals surface area contributed by atoms with Crippen LogP contribution < -0.4 is 56.8 Å². The molecule has 0 aromatic heterocycles. The minimum Gasteiger partial charge on any atom is -0.494 e. The van der Waals surface area contributed by atoms with Crippen LogP contribution in [-0.4, -0.2) is 75.5 Å². The van der Waals surface area contributed by atoms with Gasteiger partial charge >= 0.3 is 35.8 Å². The van der Waals surface area contributed by atoms with Crippen LogP contribution in [0.2, 0.25) is 0 Å². The predicted octanol–water partition coefficient (Wildman–Crippen LogP) is 27.5. The number of fused-ring (bicyclic) bond motifs is 12. The molecule has 0 aliphatic heterocycles. The summed E-state index contributed by atoms with van der Waals surface area (Å²) in [7, 11) is 0. The van der Waals surface area contributed by atoms with Gasteiger partial charge in [-0.25, -0.2) is 28.8 Å². The lowest BCUT2D eigenvalue weighted by Gasteiger charge is -2.19. The highest BCUT2D eigenvalue weighted by molar-refractivity contribution is 6.27. The molecular formula is C114H96O18. The van der Waals surface area contributed by atoms with Crippen LogP contribution >= 0.6 is 0 Å². The predicted molar refractivity (Wildman–Crippen MR) is 522 cm³/mol. The molecule has 16 rings (SSSR count). The fraction of sp³-hybridized carbons (Fsp3) is 0.158. The molecule has 0 amide bonds. The van der Waals surface area contributed by atoms with Crippen molar-refractivity contribution in [3.8, 4) is 69.0 Å². The summed E-state index contributed by atoms with van der Waals surface area (Å²) < 4.78 is 76.0. The number of allylic oxidation sites excluding steroid dienone is 6. The van der Waals surface area contributed by atoms with Gasteiger partial charge in [-0.2, -0.15) is 0 Å². The molecule has 0 bridgehead atoms. The maximum atomic E-state index is 15.3. The summed E-state index contributed by atoms with van der Waals surface area (Å²) in [6.07, 6.45) is 20.4. The molecule has 0 saturated heterocycles. The maximum absolute atomic E-state index is 15.3. The van der Waals surface area contributed by atoms with Crippen molar-refractivity contribution in [2.24, 2.45) is 0 Å². The Morgan fingerprint density at radius 2 is 0.318 bits per heavy atom. The molecular weight excluding hydrogens is 1660 g/mol. The Morgan fingerprint density at radius 1 is 0.182 bits per heavy atom. The molecule has 132 heavy (non-hydrogen) atoms. The van der Waals surface area contributed by atoms with Crippen LogP contribution in [0.5, 0.6) is 69.0 Å². The standard InChI is InChI=1S/C114H96O18/c1-7-13-19-49-121-91-43-37-73-55-85(31-25-79(73)61-91)109(115)127-103-67-97-98(68-104(103)128-110(116)86-32-26-80-62-92(44-38-74(80)56-86)122-50-20-14-8-2)100-70-106(130-112(118)88-34-28-82-64-94(46-40-76(82)58-88)124-52-22-16-10-4)108(132-114(120)90-36-30-84-66-96(48-42-78(84)60-90)126-54-24-18-12-6)72-102(100)101-71-107(131-113(119)89-35-29-83-65-95(47-41-77(83)59-89)125-53-23-17-11-5)105(69-99(97)101)129-111(117)87-33-27-81-63-93(45-39-75(81)57-87)123-51-21-15-9-3/h7-12,25-48,55-72H,1-6,13-24,49-54H2. The molecule has 16 aromatic rings. The van der Waals surface area contributed by atoms with Gasteiger partial charge < -0.3 is 56.8 Å². The lowest BCUT2D eigenvalue weighted by Crippen LogP contribution is -2.14. The van der Waals surface area contributed by atoms with Gasteiger partial charge in [0.05, 0.1) is 73.0 Å². The monoisotopic (exact) mass is 1750 g/mol. The van der Waals surface area contributed by atoms with Gasteiger partial charge in [0.25, 0.3) is 0 Å². The number of rotatable bonds is 42. The molecule has 0 fully saturated rings. The first-order chi connectivity index (χ1) is 64.6. The summed E-state index contributed by atoms with van der Waals surface area (Å²) in [5.41, 5.74) is 0.725. The first kappa shape index (κ1) is 89.3. The summed E-state index contributed by atoms with van der Waals surface area (Å²) in [5, 5.41) is 10.2. The van der Waals surface area contributed by atoms with Crippen LogP contribution in [0.1, 0.15) is 139 Å². The Balaban J connectivity index is 0.896. The Morgan fingerprint density at radius 3 is 0.462 bits per heavy atom. The van der Waals surface area contributed by atoms with Crippen molar-refractivity contribution in [2.45, 2.75) is 77.0 Å². The Bertz CT molecular complexity index is 6090. The van der Waals surface area contributed by atoms with E-state index in [1.54, 1.807) is 109 Å². The first-order valence-corrected chi connectivity index (χ1v) is 44.1. The third-order valence-corrected chi connectivity index (χ3v) is 22.6. The molecule has 660 valence electrons. The third kappa shape index (κ3) is 21.5. The second-order valence-corrected chi connectivity index (χ2v) is 31.9. The molecule has 0 heterocycles. The number of esters is 6. The number of unbranched alkanes of at least 4 members (excludes halogenated alkanes) is 6. The molecule has 0 aliphatic carbocycles. The molecule has 0 unspecified atom stereocenters. The summed E-state index contributed by atoms with van der Waals surface area (Å²) in [4.78, 5) is 92.0. The van der Waals surface area contributed by atoms with Crippen LogP contribution in [0, 0.1) is 0 Å². The highest BCUT2D eigenvalue weighted by Gasteiger charge is 2.29. The van der Waals surface area contributed by atoms with E-state index in [1.165, 1.54) is 36.4 Å². The van der Waals surface area contributed by atoms with Crippen molar-refractivity contribution in [3.05, 3.63) is 364 Å². The lowest BCUT2D eigenvalue weighted by atomic mass is 9.93. The Labute approximate surface area is 763 Å². The smallest absolute Gasteiger partial charge is 0.343 e. The number of carbonyl (C=O) groups excluding carboxylic acids is 6. The number of benzene rings is 16. The van der Waals surface area contributed by atoms with Crippen molar-refractivity contribution in [2.75, 3.05) is 39.6 Å². The Kier molecular flexibility index (Phi) is 28.6. The number of hydrogen-bond donors (Lipinski definition) is 0. The minimum atomic E-state index is -0.854. The number of carbonyl (C=O) groups is 6. The number of ether oxygens (including phenoxy) is 12. The average molecular weight is 1750 g/mol. The van der Waals surface area contributed by atoms with E-state index in [1.807, 2.05) is 146 Å². The van der Waals surface area contributed by atoms with E-state index < -0.39 is 35.8 Å². The van der Waals surface area contributed by atoms with Gasteiger partial charge in [-0.05, 0) is 356 Å². The van der Waals surface area contributed by atoms with Crippen molar-refractivity contribution in [3.63, 3.8) is 0 Å². The highest BCUT2D eigenvalue weighted by atomic mass is 16.6. The zero-order valence-electron chi connectivity index (χ0n) is 73.0. The molecule has 0 N–H and O–H groups in total. The van der Waals surface area contributed by atoms with Crippen molar-refractivity contribution in [1.29, 1.82) is 0 Å². The molecule has 0 spiro atoms. The van der Waals surface area contributed by atoms with E-state index >= 15 is 28.8 Å². The van der Waals surface area contributed by atoms with Gasteiger partial charge in [0.15, 0.2) is 34.5 Å². The topological polar surface area (TPSA) is 213 Å². The second kappa shape index (κ2) is 42.2. The number of hydrogen-bond acceptors (Lipinski definition) is 18. The molecule has 0 aliphatic rings. The molecule has 0 radical (unpaired) electrons. The summed E-state index contributed by atoms with van der Waals surface area (Å²) in [6, 6.07) is 72.8. The normalized spacial score (nSPS) is 11.2. The fourth-order valence-electron chi connectivity index (χ4n) is 15.6. The fourth-order valence-corrected chi connectivity index (χ4v) is 15.6. The first-order valence-electron chi connectivity index (χ1n) is 44.1. The largest absolute Gasteiger partial charge is 0.494 e. The summed E-state index contributed by atoms with van der Waals surface area (Å²) >= 11 is 0. The zero-order valence-corrected chi connectivity index (χ0v) is 73.0. The van der Waals surface area contributed by atoms with Crippen LogP contribution in [-0.2, 0) is 0 Å². The minimum absolute atomic E-state index is 0.121. The van der Waals surface area contributed by atoms with E-state index in [2.05, 4.69) is 39.5 Å². The molecule has 18 nitrogen and oxygen atoms in total. The van der Waals surface area contributed by atoms with Crippen molar-refractivity contribution in [1.82, 2.24) is 0 Å². The van der Waals surface area contributed by atoms with Crippen LogP contribution in [0.15, 0.2) is 331 Å². The van der Waals surface area contributed by atoms with Crippen LogP contribution in [0.4, 0.5) is 0 Å². The average Bonchev–Trinajstić information content (AvgIpc) is 0.719. The van der Waals surface area contributed by atoms with Crippen molar-refractivity contribution < 1.29 is 85.6 Å². The van der Waals surface area contributed by atoms with Gasteiger partial charge in [0.2, 0.25) is 0 Å². The SMILES string of the molecule is C=CCCCOc1ccc2cc(C(=O)Oc3cc4c5cc(OC(=O)c6ccc7cc(OCCCC=C)ccc7c6)c(OC(=O)c6ccc7cc(OCCCC=C)ccc7c6)cc5c5cc(OC(=O)c6ccc7cc(OCCCC=C)ccc7c6)c(OC(=O)c6ccc7cc(OCCCC=C)ccc7c6)cc5c4cc3OC(=O)c3ccc4cc(OCCCC=C)ccc4c3)ccc2c1. The molecule has 0 saturated carbocycles. The zero-order chi connectivity index (χ0) is 91.4. The third-order valence-electron chi connectivity index (χ3n) is 22.6. The maximum Gasteiger partial charge on any atom is 0.343 e. The summed E-state index contributed by atoms with van der Waals surface area (Å²) in [6.45, 7) is 25.8. The van der Waals surface area contributed by atoms with Gasteiger partial charge in [0, 0.05) is 0 Å². The van der Waals surface area contributed by atoms with Gasteiger partial charge in [-0.3, -0.25) is 0 Å². The summed E-state index contributed by atoms with van der Waals surface area (Å²) in [5.74, 6) is -2.86. The molecule has 18 heteroatoms. The lowest BCUT2D eigenvalue weighted by molar-refractivity contribution is 0.0682. The van der Waals surface area contributed by atoms with E-state index in [0.29, 0.717) is 106 Å². The molecule has 16 aromatic carbocycles. The Hall–Kier alpha value is -16.1. The second-order valence-electron chi connectivity index (χ2n) is 31.9. The van der Waals surface area contributed by atoms with Gasteiger partial charge in [-0.1, -0.05) is 109 Å². The van der Waals surface area contributed by atoms with E-state index in [9.17, 15) is 0 Å². The molecule has 0 atom stereocenters. The van der Waals surface area contributed by atoms with E-state index in [-0.39, 0.29) is 100 Å². The van der Waals surface area contributed by atoms with E-state index in [0.717, 1.165) is 109 Å².